The van der Waals surface area contributed by atoms with Gasteiger partial charge in [0.05, 0.1) is 18.7 Å². The monoisotopic (exact) mass is 451 g/mol. The fourth-order valence-electron chi connectivity index (χ4n) is 3.66. The quantitative estimate of drug-likeness (QED) is 0.255. The van der Waals surface area contributed by atoms with Gasteiger partial charge < -0.3 is 18.8 Å². The van der Waals surface area contributed by atoms with Crippen LogP contribution in [0.2, 0.25) is 0 Å². The Morgan fingerprint density at radius 2 is 1.45 bits per heavy atom. The van der Waals surface area contributed by atoms with E-state index in [0.29, 0.717) is 37.9 Å². The van der Waals surface area contributed by atoms with Gasteiger partial charge in [-0.2, -0.15) is 0 Å². The second-order valence-electron chi connectivity index (χ2n) is 8.33. The molecule has 0 bridgehead atoms. The van der Waals surface area contributed by atoms with Gasteiger partial charge in [0.1, 0.15) is 12.4 Å². The van der Waals surface area contributed by atoms with E-state index in [-0.39, 0.29) is 5.56 Å². The Hall–Kier alpha value is -2.95. The number of unbranched alkanes of at least 4 members (excludes halogenated alkanes) is 3. The van der Waals surface area contributed by atoms with Crippen molar-refractivity contribution in [1.82, 2.24) is 4.57 Å². The van der Waals surface area contributed by atoms with Crippen molar-refractivity contribution in [3.63, 3.8) is 0 Å². The highest BCUT2D eigenvalue weighted by Gasteiger charge is 2.20. The highest BCUT2D eigenvalue weighted by Crippen LogP contribution is 2.35. The number of nitrogens with zero attached hydrogens (tertiary/aromatic N) is 1. The number of rotatable bonds is 14. The van der Waals surface area contributed by atoms with Gasteiger partial charge in [-0.05, 0) is 37.0 Å². The number of hydrogen-bond donors (Lipinski definition) is 0. The summed E-state index contributed by atoms with van der Waals surface area (Å²) in [4.78, 5) is 13.7. The predicted molar refractivity (Wildman–Crippen MR) is 135 cm³/mol. The van der Waals surface area contributed by atoms with Crippen LogP contribution in [-0.2, 0) is 13.2 Å². The normalized spacial score (nSPS) is 11.0. The summed E-state index contributed by atoms with van der Waals surface area (Å²) in [6.45, 7) is 8.54. The van der Waals surface area contributed by atoms with Gasteiger partial charge in [0.25, 0.3) is 5.56 Å². The third-order valence-electron chi connectivity index (χ3n) is 5.62. The number of hydrogen-bond acceptors (Lipinski definition) is 4. The third kappa shape index (κ3) is 6.53. The molecule has 0 aliphatic rings. The average Bonchev–Trinajstić information content (AvgIpc) is 2.84. The smallest absolute Gasteiger partial charge is 0.297 e. The molecule has 2 aromatic carbocycles. The lowest BCUT2D eigenvalue weighted by Gasteiger charge is -2.19. The summed E-state index contributed by atoms with van der Waals surface area (Å²) in [6, 6.07) is 15.8. The Kier molecular flexibility index (Phi) is 9.67. The maximum absolute atomic E-state index is 13.7. The van der Waals surface area contributed by atoms with E-state index < -0.39 is 0 Å². The minimum Gasteiger partial charge on any atom is -0.494 e. The van der Waals surface area contributed by atoms with Crippen LogP contribution < -0.4 is 19.8 Å². The minimum absolute atomic E-state index is 0.149. The van der Waals surface area contributed by atoms with Crippen molar-refractivity contribution in [2.45, 2.75) is 72.4 Å². The van der Waals surface area contributed by atoms with Crippen molar-refractivity contribution in [3.05, 3.63) is 64.4 Å². The zero-order chi connectivity index (χ0) is 23.5. The number of benzene rings is 2. The molecule has 0 spiro atoms. The fraction of sp³-hybridized carbons (Fsp3) is 0.464. The summed E-state index contributed by atoms with van der Waals surface area (Å²) in [5.74, 6) is 1.60. The van der Waals surface area contributed by atoms with Crippen LogP contribution in [0.25, 0.3) is 10.9 Å². The lowest BCUT2D eigenvalue weighted by molar-refractivity contribution is 0.256. The molecule has 33 heavy (non-hydrogen) atoms. The van der Waals surface area contributed by atoms with Crippen LogP contribution in [0.5, 0.6) is 17.2 Å². The highest BCUT2D eigenvalue weighted by molar-refractivity contribution is 5.89. The van der Waals surface area contributed by atoms with Crippen LogP contribution in [0.1, 0.15) is 64.9 Å². The average molecular weight is 452 g/mol. The molecule has 3 rings (SSSR count). The van der Waals surface area contributed by atoms with Gasteiger partial charge in [0.15, 0.2) is 5.75 Å². The Labute approximate surface area is 197 Å². The van der Waals surface area contributed by atoms with Gasteiger partial charge in [-0.3, -0.25) is 4.79 Å². The highest BCUT2D eigenvalue weighted by atomic mass is 16.5. The molecule has 0 aliphatic heterocycles. The Bertz CT molecular complexity index is 1060. The van der Waals surface area contributed by atoms with E-state index in [1.165, 1.54) is 0 Å². The molecule has 0 saturated carbocycles. The third-order valence-corrected chi connectivity index (χ3v) is 5.62. The summed E-state index contributed by atoms with van der Waals surface area (Å²) in [6.07, 6.45) is 5.90. The summed E-state index contributed by atoms with van der Waals surface area (Å²) >= 11 is 0. The second kappa shape index (κ2) is 12.9. The SMILES string of the molecule is CCCCOc1ccc2c(OCCCC)c(OCc3ccccc3)c(=O)n(CCCC)c2c1. The molecule has 0 fully saturated rings. The van der Waals surface area contributed by atoms with Crippen LogP contribution in [0, 0.1) is 0 Å². The Morgan fingerprint density at radius 1 is 0.758 bits per heavy atom. The summed E-state index contributed by atoms with van der Waals surface area (Å²) in [5.41, 5.74) is 1.70. The molecule has 178 valence electrons. The van der Waals surface area contributed by atoms with Crippen molar-refractivity contribution in [3.8, 4) is 17.2 Å². The van der Waals surface area contributed by atoms with Crippen LogP contribution in [0.3, 0.4) is 0 Å². The van der Waals surface area contributed by atoms with Gasteiger partial charge in [-0.25, -0.2) is 0 Å². The molecule has 0 unspecified atom stereocenters. The summed E-state index contributed by atoms with van der Waals surface area (Å²) in [7, 11) is 0. The van der Waals surface area contributed by atoms with Crippen molar-refractivity contribution < 1.29 is 14.2 Å². The lowest BCUT2D eigenvalue weighted by Crippen LogP contribution is -2.24. The molecular formula is C28H37NO4. The van der Waals surface area contributed by atoms with E-state index in [9.17, 15) is 4.79 Å². The maximum Gasteiger partial charge on any atom is 0.297 e. The van der Waals surface area contributed by atoms with Gasteiger partial charge in [-0.1, -0.05) is 70.4 Å². The molecule has 0 amide bonds. The molecule has 0 N–H and O–H groups in total. The first-order valence-electron chi connectivity index (χ1n) is 12.3. The molecule has 0 aliphatic carbocycles. The van der Waals surface area contributed by atoms with E-state index >= 15 is 0 Å². The fourth-order valence-corrected chi connectivity index (χ4v) is 3.66. The molecule has 5 heteroatoms. The van der Waals surface area contributed by atoms with E-state index in [4.69, 9.17) is 14.2 Å². The molecule has 0 radical (unpaired) electrons. The molecule has 5 nitrogen and oxygen atoms in total. The van der Waals surface area contributed by atoms with Crippen molar-refractivity contribution in [2.24, 2.45) is 0 Å². The number of aryl methyl sites for hydroxylation is 1. The minimum atomic E-state index is -0.149. The number of ether oxygens (including phenoxy) is 3. The topological polar surface area (TPSA) is 49.7 Å². The largest absolute Gasteiger partial charge is 0.494 e. The molecule has 0 atom stereocenters. The van der Waals surface area contributed by atoms with Crippen LogP contribution in [0.15, 0.2) is 53.3 Å². The number of fused-ring (bicyclic) bond motifs is 1. The molecule has 1 aromatic heterocycles. The predicted octanol–water partition coefficient (Wildman–Crippen LogP) is 6.74. The van der Waals surface area contributed by atoms with Crippen LogP contribution in [0.4, 0.5) is 0 Å². The van der Waals surface area contributed by atoms with Crippen LogP contribution in [-0.4, -0.2) is 17.8 Å². The number of pyridine rings is 1. The maximum atomic E-state index is 13.7. The van der Waals surface area contributed by atoms with Gasteiger partial charge in [0, 0.05) is 18.0 Å². The second-order valence-corrected chi connectivity index (χ2v) is 8.33. The Morgan fingerprint density at radius 3 is 2.15 bits per heavy atom. The Balaban J connectivity index is 2.08. The van der Waals surface area contributed by atoms with Crippen LogP contribution >= 0.6 is 0 Å². The first kappa shape index (κ1) is 24.7. The zero-order valence-corrected chi connectivity index (χ0v) is 20.3. The van der Waals surface area contributed by atoms with E-state index in [2.05, 4.69) is 20.8 Å². The summed E-state index contributed by atoms with van der Waals surface area (Å²) in [5, 5.41) is 0.882. The van der Waals surface area contributed by atoms with Gasteiger partial charge >= 0.3 is 0 Å². The first-order chi connectivity index (χ1) is 16.2. The molecule has 3 aromatic rings. The van der Waals surface area contributed by atoms with E-state index in [1.54, 1.807) is 0 Å². The van der Waals surface area contributed by atoms with E-state index in [1.807, 2.05) is 53.1 Å². The first-order valence-corrected chi connectivity index (χ1v) is 12.3. The van der Waals surface area contributed by atoms with Crippen molar-refractivity contribution in [1.29, 1.82) is 0 Å². The zero-order valence-electron chi connectivity index (χ0n) is 20.3. The van der Waals surface area contributed by atoms with Gasteiger partial charge in [-0.15, -0.1) is 0 Å². The molecular weight excluding hydrogens is 414 g/mol. The summed E-state index contributed by atoms with van der Waals surface area (Å²) < 4.78 is 20.1. The van der Waals surface area contributed by atoms with Crippen molar-refractivity contribution >= 4 is 10.9 Å². The number of aromatic nitrogens is 1. The molecule has 0 saturated heterocycles. The molecule has 1 heterocycles. The lowest BCUT2D eigenvalue weighted by atomic mass is 10.1. The van der Waals surface area contributed by atoms with Gasteiger partial charge in [0.2, 0.25) is 5.75 Å². The van der Waals surface area contributed by atoms with E-state index in [0.717, 1.165) is 60.7 Å². The van der Waals surface area contributed by atoms with Crippen molar-refractivity contribution in [2.75, 3.05) is 13.2 Å². The standard InChI is InChI=1S/C28H37NO4/c1-4-7-17-29-25-20-23(31-18-8-5-2)15-16-24(25)26(32-19-9-6-3)27(28(29)30)33-21-22-13-11-10-12-14-22/h10-16,20H,4-9,17-19,21H2,1-3H3.